The Kier molecular flexibility index (Phi) is 4.53. The van der Waals surface area contributed by atoms with E-state index in [1.54, 1.807) is 0 Å². The van der Waals surface area contributed by atoms with Crippen LogP contribution >= 0.6 is 15.9 Å². The quantitative estimate of drug-likeness (QED) is 0.879. The van der Waals surface area contributed by atoms with Crippen molar-refractivity contribution in [3.8, 4) is 5.75 Å². The number of allylic oxidation sites excluding steroid dienone is 1. The lowest BCUT2D eigenvalue weighted by Crippen LogP contribution is -2.41. The van der Waals surface area contributed by atoms with Crippen molar-refractivity contribution in [3.63, 3.8) is 0 Å². The van der Waals surface area contributed by atoms with Crippen LogP contribution in [0.2, 0.25) is 0 Å². The summed E-state index contributed by atoms with van der Waals surface area (Å²) in [6.07, 6.45) is 4.19. The minimum atomic E-state index is 0.557. The largest absolute Gasteiger partial charge is 0.493 e. The minimum Gasteiger partial charge on any atom is -0.493 e. The maximum atomic E-state index is 5.75. The van der Waals surface area contributed by atoms with Gasteiger partial charge in [-0.05, 0) is 49.9 Å². The summed E-state index contributed by atoms with van der Waals surface area (Å²) < 4.78 is 6.83. The van der Waals surface area contributed by atoms with Gasteiger partial charge in [0.15, 0.2) is 0 Å². The molecule has 98 valence electrons. The van der Waals surface area contributed by atoms with E-state index >= 15 is 0 Å². The smallest absolute Gasteiger partial charge is 0.119 e. The summed E-state index contributed by atoms with van der Waals surface area (Å²) in [4.78, 5) is 0. The summed E-state index contributed by atoms with van der Waals surface area (Å²) in [5, 5.41) is 3.31. The number of halogens is 1. The first-order valence-electron chi connectivity index (χ1n) is 6.20. The van der Waals surface area contributed by atoms with E-state index in [9.17, 15) is 0 Å². The summed E-state index contributed by atoms with van der Waals surface area (Å²) in [6, 6.07) is 8.52. The summed E-state index contributed by atoms with van der Waals surface area (Å²) >= 11 is 3.41. The van der Waals surface area contributed by atoms with E-state index < -0.39 is 0 Å². The molecule has 3 N–H and O–H groups in total. The summed E-state index contributed by atoms with van der Waals surface area (Å²) in [5.41, 5.74) is 6.39. The molecule has 1 fully saturated rings. The lowest BCUT2D eigenvalue weighted by Gasteiger charge is -2.35. The molecule has 3 nitrogen and oxygen atoms in total. The van der Waals surface area contributed by atoms with Crippen LogP contribution in [0.1, 0.15) is 19.8 Å². The van der Waals surface area contributed by atoms with Crippen molar-refractivity contribution in [2.24, 2.45) is 11.7 Å². The third-order valence-electron chi connectivity index (χ3n) is 3.08. The molecule has 1 aromatic carbocycles. The Hall–Kier alpha value is -1.16. The van der Waals surface area contributed by atoms with Crippen molar-refractivity contribution in [1.29, 1.82) is 0 Å². The van der Waals surface area contributed by atoms with Crippen molar-refractivity contribution in [1.82, 2.24) is 5.32 Å². The molecular weight excluding hydrogens is 292 g/mol. The zero-order valence-electron chi connectivity index (χ0n) is 10.5. The summed E-state index contributed by atoms with van der Waals surface area (Å²) in [5.74, 6) is 1.59. The molecule has 0 radical (unpaired) electrons. The number of ether oxygens (including phenoxy) is 1. The normalized spacial score (nSPS) is 23.3. The molecule has 4 heteroatoms. The van der Waals surface area contributed by atoms with Crippen LogP contribution in [0.4, 0.5) is 0 Å². The van der Waals surface area contributed by atoms with Gasteiger partial charge in [-0.1, -0.05) is 15.9 Å². The molecule has 2 rings (SSSR count). The maximum Gasteiger partial charge on any atom is 0.119 e. The van der Waals surface area contributed by atoms with Crippen LogP contribution in [0.5, 0.6) is 5.75 Å². The van der Waals surface area contributed by atoms with Crippen molar-refractivity contribution in [2.45, 2.75) is 25.8 Å². The summed E-state index contributed by atoms with van der Waals surface area (Å²) in [6.45, 7) is 2.69. The number of rotatable bonds is 5. The Balaban J connectivity index is 1.65. The van der Waals surface area contributed by atoms with Gasteiger partial charge in [0.05, 0.1) is 6.61 Å². The molecule has 0 aliphatic heterocycles. The summed E-state index contributed by atoms with van der Waals surface area (Å²) in [7, 11) is 0. The molecule has 1 aromatic rings. The van der Waals surface area contributed by atoms with Crippen LogP contribution in [-0.2, 0) is 0 Å². The number of nitrogens with one attached hydrogen (secondary N) is 1. The fraction of sp³-hybridized carbons (Fsp3) is 0.429. The van der Waals surface area contributed by atoms with Gasteiger partial charge in [-0.15, -0.1) is 0 Å². The second kappa shape index (κ2) is 6.14. The Labute approximate surface area is 117 Å². The minimum absolute atomic E-state index is 0.557. The van der Waals surface area contributed by atoms with E-state index in [1.807, 2.05) is 37.4 Å². The molecule has 18 heavy (non-hydrogen) atoms. The van der Waals surface area contributed by atoms with Crippen LogP contribution in [0, 0.1) is 5.92 Å². The van der Waals surface area contributed by atoms with Crippen LogP contribution in [0.25, 0.3) is 0 Å². The fourth-order valence-corrected chi connectivity index (χ4v) is 2.27. The highest BCUT2D eigenvalue weighted by molar-refractivity contribution is 9.10. The number of hydrogen-bond acceptors (Lipinski definition) is 3. The Bertz CT molecular complexity index is 406. The molecular formula is C14H19BrN2O. The van der Waals surface area contributed by atoms with Gasteiger partial charge in [0.2, 0.25) is 0 Å². The predicted octanol–water partition coefficient (Wildman–Crippen LogP) is 3.02. The van der Waals surface area contributed by atoms with Gasteiger partial charge in [-0.2, -0.15) is 0 Å². The zero-order valence-corrected chi connectivity index (χ0v) is 12.1. The molecule has 0 heterocycles. The number of nitrogens with two attached hydrogens (primary N) is 1. The standard InChI is InChI=1S/C14H19BrN2O/c1-10(16)8-17-13-6-11(7-13)9-18-14-4-2-12(15)3-5-14/h2-5,8,11,13,17H,6-7,9,16H2,1H3/b10-8-. The number of benzene rings is 1. The van der Waals surface area contributed by atoms with Crippen LogP contribution < -0.4 is 15.8 Å². The van der Waals surface area contributed by atoms with E-state index in [4.69, 9.17) is 10.5 Å². The first-order chi connectivity index (χ1) is 8.63. The second-order valence-electron chi connectivity index (χ2n) is 4.85. The SMILES string of the molecule is C/C(N)=C/NC1CC(COc2ccc(Br)cc2)C1. The average molecular weight is 311 g/mol. The highest BCUT2D eigenvalue weighted by Crippen LogP contribution is 2.28. The van der Waals surface area contributed by atoms with E-state index in [-0.39, 0.29) is 0 Å². The van der Waals surface area contributed by atoms with Gasteiger partial charge in [0.25, 0.3) is 0 Å². The number of hydrogen-bond donors (Lipinski definition) is 2. The van der Waals surface area contributed by atoms with Gasteiger partial charge >= 0.3 is 0 Å². The van der Waals surface area contributed by atoms with Crippen LogP contribution in [-0.4, -0.2) is 12.6 Å². The van der Waals surface area contributed by atoms with Crippen molar-refractivity contribution < 1.29 is 4.74 Å². The maximum absolute atomic E-state index is 5.75. The van der Waals surface area contributed by atoms with Gasteiger partial charge in [0.1, 0.15) is 5.75 Å². The van der Waals surface area contributed by atoms with Crippen molar-refractivity contribution in [3.05, 3.63) is 40.6 Å². The van der Waals surface area contributed by atoms with Crippen molar-refractivity contribution >= 4 is 15.9 Å². The van der Waals surface area contributed by atoms with Crippen LogP contribution in [0.3, 0.4) is 0 Å². The monoisotopic (exact) mass is 310 g/mol. The predicted molar refractivity (Wildman–Crippen MR) is 77.2 cm³/mol. The molecule has 0 bridgehead atoms. The second-order valence-corrected chi connectivity index (χ2v) is 5.77. The fourth-order valence-electron chi connectivity index (χ4n) is 2.00. The Morgan fingerprint density at radius 1 is 1.44 bits per heavy atom. The molecule has 0 aromatic heterocycles. The van der Waals surface area contributed by atoms with Gasteiger partial charge in [-0.25, -0.2) is 0 Å². The van der Waals surface area contributed by atoms with Crippen LogP contribution in [0.15, 0.2) is 40.6 Å². The highest BCUT2D eigenvalue weighted by atomic mass is 79.9. The van der Waals surface area contributed by atoms with Gasteiger partial charge in [0, 0.05) is 22.4 Å². The zero-order chi connectivity index (χ0) is 13.0. The molecule has 1 saturated carbocycles. The molecule has 1 aliphatic carbocycles. The average Bonchev–Trinajstić information content (AvgIpc) is 2.28. The van der Waals surface area contributed by atoms with E-state index in [0.29, 0.717) is 12.0 Å². The topological polar surface area (TPSA) is 47.3 Å². The van der Waals surface area contributed by atoms with Crippen molar-refractivity contribution in [2.75, 3.05) is 6.61 Å². The molecule has 0 unspecified atom stereocenters. The lowest BCUT2D eigenvalue weighted by atomic mass is 9.81. The molecule has 0 spiro atoms. The third-order valence-corrected chi connectivity index (χ3v) is 3.61. The van der Waals surface area contributed by atoms with Gasteiger partial charge in [-0.3, -0.25) is 0 Å². The molecule has 0 atom stereocenters. The molecule has 1 aliphatic rings. The van der Waals surface area contributed by atoms with E-state index in [0.717, 1.165) is 35.4 Å². The molecule has 0 saturated heterocycles. The molecule has 0 amide bonds. The highest BCUT2D eigenvalue weighted by Gasteiger charge is 2.28. The Morgan fingerprint density at radius 2 is 2.11 bits per heavy atom. The first kappa shape index (κ1) is 13.3. The first-order valence-corrected chi connectivity index (χ1v) is 6.99. The third kappa shape index (κ3) is 3.95. The Morgan fingerprint density at radius 3 is 2.72 bits per heavy atom. The van der Waals surface area contributed by atoms with E-state index in [1.165, 1.54) is 0 Å². The van der Waals surface area contributed by atoms with Gasteiger partial charge < -0.3 is 15.8 Å². The lowest BCUT2D eigenvalue weighted by molar-refractivity contribution is 0.148. The van der Waals surface area contributed by atoms with E-state index in [2.05, 4.69) is 21.2 Å².